The van der Waals surface area contributed by atoms with E-state index < -0.39 is 29.1 Å². The zero-order valence-electron chi connectivity index (χ0n) is 11.3. The van der Waals surface area contributed by atoms with Gasteiger partial charge in [-0.15, -0.1) is 0 Å². The third-order valence-corrected chi connectivity index (χ3v) is 2.89. The summed E-state index contributed by atoms with van der Waals surface area (Å²) >= 11 is 0. The molecule has 1 N–H and O–H groups in total. The number of nitrogens with zero attached hydrogens (tertiary/aromatic N) is 1. The molecule has 0 aromatic heterocycles. The van der Waals surface area contributed by atoms with Crippen molar-refractivity contribution in [3.05, 3.63) is 0 Å². The van der Waals surface area contributed by atoms with E-state index in [-0.39, 0.29) is 12.3 Å². The highest BCUT2D eigenvalue weighted by molar-refractivity contribution is 5.99. The van der Waals surface area contributed by atoms with E-state index in [1.807, 2.05) is 0 Å². The van der Waals surface area contributed by atoms with Gasteiger partial charge in [0, 0.05) is 0 Å². The van der Waals surface area contributed by atoms with Crippen LogP contribution in [0.4, 0.5) is 4.79 Å². The number of carbonyl (C=O) groups excluding carboxylic acids is 2. The number of rotatable bonds is 1. The van der Waals surface area contributed by atoms with Gasteiger partial charge in [0.1, 0.15) is 11.6 Å². The molecule has 0 spiro atoms. The number of aliphatic carboxylic acids is 1. The number of carboxylic acid groups (broad SMARTS) is 1. The minimum atomic E-state index is -1.20. The summed E-state index contributed by atoms with van der Waals surface area (Å²) in [4.78, 5) is 35.9. The van der Waals surface area contributed by atoms with Crippen molar-refractivity contribution < 1.29 is 24.2 Å². The number of ketones is 1. The lowest BCUT2D eigenvalue weighted by atomic mass is 9.84. The monoisotopic (exact) mass is 257 g/mol. The first kappa shape index (κ1) is 14.5. The van der Waals surface area contributed by atoms with Gasteiger partial charge in [0.25, 0.3) is 0 Å². The van der Waals surface area contributed by atoms with Crippen molar-refractivity contribution in [2.75, 3.05) is 6.54 Å². The summed E-state index contributed by atoms with van der Waals surface area (Å²) in [5, 5.41) is 9.18. The predicted octanol–water partition coefficient (Wildman–Crippen LogP) is 1.29. The van der Waals surface area contributed by atoms with Crippen molar-refractivity contribution in [3.8, 4) is 0 Å². The van der Waals surface area contributed by atoms with Crippen LogP contribution in [0, 0.1) is 5.41 Å². The van der Waals surface area contributed by atoms with Crippen molar-refractivity contribution in [1.82, 2.24) is 4.90 Å². The van der Waals surface area contributed by atoms with Gasteiger partial charge < -0.3 is 9.84 Å². The summed E-state index contributed by atoms with van der Waals surface area (Å²) in [6, 6.07) is -1.18. The average molecular weight is 257 g/mol. The van der Waals surface area contributed by atoms with E-state index in [2.05, 4.69) is 0 Å². The van der Waals surface area contributed by atoms with Gasteiger partial charge >= 0.3 is 12.1 Å². The zero-order chi connectivity index (χ0) is 14.3. The SMILES string of the molecule is CC(C)(C)OC(=O)N1CC(=O)C(C)(C)[C@@H]1C(=O)O. The summed E-state index contributed by atoms with van der Waals surface area (Å²) < 4.78 is 5.12. The molecule has 1 aliphatic heterocycles. The molecule has 1 atom stereocenters. The summed E-state index contributed by atoms with van der Waals surface area (Å²) in [6.07, 6.45) is -0.770. The number of carbonyl (C=O) groups is 3. The molecule has 1 saturated heterocycles. The van der Waals surface area contributed by atoms with Crippen molar-refractivity contribution in [2.24, 2.45) is 5.41 Å². The van der Waals surface area contributed by atoms with Crippen molar-refractivity contribution >= 4 is 17.8 Å². The Morgan fingerprint density at radius 3 is 2.28 bits per heavy atom. The molecule has 1 amide bonds. The summed E-state index contributed by atoms with van der Waals surface area (Å²) in [7, 11) is 0. The predicted molar refractivity (Wildman–Crippen MR) is 63.2 cm³/mol. The summed E-state index contributed by atoms with van der Waals surface area (Å²) in [6.45, 7) is 7.88. The Kier molecular flexibility index (Phi) is 3.42. The normalized spacial score (nSPS) is 23.1. The second kappa shape index (κ2) is 4.26. The summed E-state index contributed by atoms with van der Waals surface area (Å²) in [5.74, 6) is -1.47. The quantitative estimate of drug-likeness (QED) is 0.765. The van der Waals surface area contributed by atoms with Crippen LogP contribution in [0.15, 0.2) is 0 Å². The van der Waals surface area contributed by atoms with Crippen LogP contribution in [-0.2, 0) is 14.3 Å². The molecule has 0 radical (unpaired) electrons. The van der Waals surface area contributed by atoms with E-state index in [9.17, 15) is 19.5 Å². The van der Waals surface area contributed by atoms with Crippen LogP contribution in [-0.4, -0.2) is 46.0 Å². The molecular weight excluding hydrogens is 238 g/mol. The van der Waals surface area contributed by atoms with Gasteiger partial charge in [0.15, 0.2) is 5.78 Å². The molecular formula is C12H19NO5. The van der Waals surface area contributed by atoms with Gasteiger partial charge in [0.05, 0.1) is 12.0 Å². The van der Waals surface area contributed by atoms with Gasteiger partial charge in [-0.1, -0.05) is 13.8 Å². The second-order valence-corrected chi connectivity index (χ2v) is 5.99. The molecule has 0 aliphatic carbocycles. The largest absolute Gasteiger partial charge is 0.480 e. The van der Waals surface area contributed by atoms with Crippen molar-refractivity contribution in [2.45, 2.75) is 46.3 Å². The maximum absolute atomic E-state index is 11.9. The first-order chi connectivity index (χ1) is 7.97. The Hall–Kier alpha value is -1.59. The molecule has 6 heteroatoms. The lowest BCUT2D eigenvalue weighted by Gasteiger charge is -2.29. The molecule has 1 rings (SSSR count). The molecule has 0 aromatic carbocycles. The fourth-order valence-electron chi connectivity index (χ4n) is 1.92. The fourth-order valence-corrected chi connectivity index (χ4v) is 1.92. The Labute approximate surface area is 106 Å². The van der Waals surface area contributed by atoms with E-state index in [1.54, 1.807) is 20.8 Å². The minimum Gasteiger partial charge on any atom is -0.480 e. The number of hydrogen-bond acceptors (Lipinski definition) is 4. The Balaban J connectivity index is 2.99. The van der Waals surface area contributed by atoms with Gasteiger partial charge in [-0.2, -0.15) is 0 Å². The standard InChI is InChI=1S/C12H19NO5/c1-11(2,3)18-10(17)13-6-7(14)12(4,5)8(13)9(15)16/h8H,6H2,1-5H3,(H,15,16)/t8-/m0/s1. The smallest absolute Gasteiger partial charge is 0.411 e. The van der Waals surface area contributed by atoms with Crippen molar-refractivity contribution in [3.63, 3.8) is 0 Å². The molecule has 1 heterocycles. The van der Waals surface area contributed by atoms with Gasteiger partial charge in [-0.3, -0.25) is 9.69 Å². The van der Waals surface area contributed by atoms with Crippen LogP contribution in [0.5, 0.6) is 0 Å². The van der Waals surface area contributed by atoms with Gasteiger partial charge in [0.2, 0.25) is 0 Å². The van der Waals surface area contributed by atoms with Gasteiger partial charge in [-0.25, -0.2) is 9.59 Å². The maximum Gasteiger partial charge on any atom is 0.411 e. The van der Waals surface area contributed by atoms with Crippen LogP contribution in [0.3, 0.4) is 0 Å². The average Bonchev–Trinajstić information content (AvgIpc) is 2.35. The number of likely N-dealkylation sites (tertiary alicyclic amines) is 1. The van der Waals surface area contributed by atoms with E-state index in [0.29, 0.717) is 0 Å². The molecule has 18 heavy (non-hydrogen) atoms. The molecule has 6 nitrogen and oxygen atoms in total. The van der Waals surface area contributed by atoms with Crippen molar-refractivity contribution in [1.29, 1.82) is 0 Å². The van der Waals surface area contributed by atoms with Crippen LogP contribution < -0.4 is 0 Å². The number of hydrogen-bond donors (Lipinski definition) is 1. The van der Waals surface area contributed by atoms with Crippen LogP contribution >= 0.6 is 0 Å². The summed E-state index contributed by atoms with van der Waals surface area (Å²) in [5.41, 5.74) is -1.82. The molecule has 102 valence electrons. The highest BCUT2D eigenvalue weighted by Crippen LogP contribution is 2.34. The molecule has 0 saturated carbocycles. The minimum absolute atomic E-state index is 0.223. The van der Waals surface area contributed by atoms with Crippen LogP contribution in [0.2, 0.25) is 0 Å². The number of carboxylic acids is 1. The lowest BCUT2D eigenvalue weighted by molar-refractivity contribution is -0.146. The Morgan fingerprint density at radius 1 is 1.39 bits per heavy atom. The highest BCUT2D eigenvalue weighted by Gasteiger charge is 2.54. The third kappa shape index (κ3) is 2.63. The van der Waals surface area contributed by atoms with Crippen LogP contribution in [0.25, 0.3) is 0 Å². The van der Waals surface area contributed by atoms with E-state index in [0.717, 1.165) is 4.90 Å². The van der Waals surface area contributed by atoms with Gasteiger partial charge in [-0.05, 0) is 20.8 Å². The Morgan fingerprint density at radius 2 is 1.89 bits per heavy atom. The molecule has 1 aliphatic rings. The second-order valence-electron chi connectivity index (χ2n) is 5.99. The van der Waals surface area contributed by atoms with Crippen LogP contribution in [0.1, 0.15) is 34.6 Å². The van der Waals surface area contributed by atoms with E-state index >= 15 is 0 Å². The fraction of sp³-hybridized carbons (Fsp3) is 0.750. The first-order valence-electron chi connectivity index (χ1n) is 5.72. The lowest BCUT2D eigenvalue weighted by Crippen LogP contribution is -2.48. The number of amides is 1. The molecule has 0 aromatic rings. The topological polar surface area (TPSA) is 83.9 Å². The number of ether oxygens (including phenoxy) is 1. The zero-order valence-corrected chi connectivity index (χ0v) is 11.3. The number of Topliss-reactive ketones (excluding diaryl/α,β-unsaturated/α-hetero) is 1. The highest BCUT2D eigenvalue weighted by atomic mass is 16.6. The third-order valence-electron chi connectivity index (χ3n) is 2.89. The molecule has 0 bridgehead atoms. The van der Waals surface area contributed by atoms with E-state index in [1.165, 1.54) is 13.8 Å². The molecule has 1 fully saturated rings. The maximum atomic E-state index is 11.9. The van der Waals surface area contributed by atoms with E-state index in [4.69, 9.17) is 4.74 Å². The molecule has 0 unspecified atom stereocenters. The Bertz CT molecular complexity index is 394. The first-order valence-corrected chi connectivity index (χ1v) is 5.72.